The second-order valence-corrected chi connectivity index (χ2v) is 6.14. The van der Waals surface area contributed by atoms with Crippen molar-refractivity contribution in [3.8, 4) is 0 Å². The van der Waals surface area contributed by atoms with Gasteiger partial charge in [-0.05, 0) is 30.5 Å². The number of nitrogen functional groups attached to an aromatic ring is 1. The molecule has 27 heavy (non-hydrogen) atoms. The van der Waals surface area contributed by atoms with Gasteiger partial charge in [-0.2, -0.15) is 0 Å². The zero-order valence-corrected chi connectivity index (χ0v) is 15.0. The van der Waals surface area contributed by atoms with Gasteiger partial charge in [-0.1, -0.05) is 37.3 Å². The summed E-state index contributed by atoms with van der Waals surface area (Å²) in [7, 11) is 0. The van der Waals surface area contributed by atoms with Gasteiger partial charge in [0.2, 0.25) is 0 Å². The van der Waals surface area contributed by atoms with Crippen LogP contribution in [0.25, 0.3) is 0 Å². The number of nitro groups is 1. The first kappa shape index (κ1) is 19.9. The van der Waals surface area contributed by atoms with Gasteiger partial charge in [-0.25, -0.2) is 4.79 Å². The van der Waals surface area contributed by atoms with Crippen LogP contribution in [0.15, 0.2) is 48.5 Å². The van der Waals surface area contributed by atoms with E-state index < -0.39 is 28.6 Å². The first-order chi connectivity index (χ1) is 12.8. The molecule has 0 saturated carbocycles. The maximum Gasteiger partial charge on any atom is 0.339 e. The third-order valence-corrected chi connectivity index (χ3v) is 4.07. The zero-order chi connectivity index (χ0) is 20.0. The third kappa shape index (κ3) is 5.27. The number of esters is 1. The number of carbonyl (C=O) groups excluding carboxylic acids is 2. The maximum atomic E-state index is 12.2. The van der Waals surface area contributed by atoms with Crippen LogP contribution in [0.3, 0.4) is 0 Å². The summed E-state index contributed by atoms with van der Waals surface area (Å²) in [4.78, 5) is 34.5. The maximum absolute atomic E-state index is 12.2. The van der Waals surface area contributed by atoms with Crippen LogP contribution in [0.1, 0.15) is 35.7 Å². The van der Waals surface area contributed by atoms with E-state index in [9.17, 15) is 19.7 Å². The minimum atomic E-state index is -1.04. The van der Waals surface area contributed by atoms with E-state index in [0.29, 0.717) is 6.54 Å². The van der Waals surface area contributed by atoms with Crippen molar-refractivity contribution in [3.05, 3.63) is 69.8 Å². The number of amides is 1. The van der Waals surface area contributed by atoms with Crippen LogP contribution in [-0.2, 0) is 9.53 Å². The van der Waals surface area contributed by atoms with Crippen molar-refractivity contribution >= 4 is 23.3 Å². The number of nitrogens with two attached hydrogens (primary N) is 1. The predicted molar refractivity (Wildman–Crippen MR) is 100 cm³/mol. The molecule has 8 nitrogen and oxygen atoms in total. The standard InChI is InChI=1S/C19H21N3O5/c1-12(14-6-4-3-5-7-14)11-21-18(23)13(2)27-19(24)15-8-9-16(20)17(10-15)22(25)26/h3-10,12-13H,11,20H2,1-2H3,(H,21,23)/t12-,13+/m0/s1. The minimum Gasteiger partial charge on any atom is -0.449 e. The minimum absolute atomic E-state index is 0.0480. The molecular weight excluding hydrogens is 350 g/mol. The molecule has 2 rings (SSSR count). The second-order valence-electron chi connectivity index (χ2n) is 6.14. The van der Waals surface area contributed by atoms with Crippen molar-refractivity contribution in [1.82, 2.24) is 5.32 Å². The van der Waals surface area contributed by atoms with E-state index in [1.165, 1.54) is 19.1 Å². The lowest BCUT2D eigenvalue weighted by Crippen LogP contribution is -2.37. The van der Waals surface area contributed by atoms with Crippen LogP contribution in [0.2, 0.25) is 0 Å². The fourth-order valence-corrected chi connectivity index (χ4v) is 2.41. The Morgan fingerprint density at radius 2 is 1.85 bits per heavy atom. The molecule has 0 saturated heterocycles. The number of nitro benzene ring substituents is 1. The van der Waals surface area contributed by atoms with E-state index in [4.69, 9.17) is 10.5 Å². The molecule has 8 heteroatoms. The van der Waals surface area contributed by atoms with Gasteiger partial charge in [0.1, 0.15) is 5.69 Å². The summed E-state index contributed by atoms with van der Waals surface area (Å²) >= 11 is 0. The first-order valence-corrected chi connectivity index (χ1v) is 8.37. The summed E-state index contributed by atoms with van der Waals surface area (Å²) in [6.45, 7) is 3.80. The van der Waals surface area contributed by atoms with Gasteiger partial charge in [0, 0.05) is 12.6 Å². The summed E-state index contributed by atoms with van der Waals surface area (Å²) in [6.07, 6.45) is -1.04. The van der Waals surface area contributed by atoms with Crippen molar-refractivity contribution in [2.24, 2.45) is 0 Å². The highest BCUT2D eigenvalue weighted by Crippen LogP contribution is 2.23. The van der Waals surface area contributed by atoms with E-state index in [1.807, 2.05) is 37.3 Å². The molecule has 0 unspecified atom stereocenters. The molecule has 0 radical (unpaired) electrons. The van der Waals surface area contributed by atoms with Crippen molar-refractivity contribution in [1.29, 1.82) is 0 Å². The largest absolute Gasteiger partial charge is 0.449 e. The van der Waals surface area contributed by atoms with Gasteiger partial charge in [0.15, 0.2) is 6.10 Å². The molecule has 0 bridgehead atoms. The molecule has 0 heterocycles. The van der Waals surface area contributed by atoms with Gasteiger partial charge in [-0.15, -0.1) is 0 Å². The van der Waals surface area contributed by atoms with Crippen molar-refractivity contribution in [3.63, 3.8) is 0 Å². The lowest BCUT2D eigenvalue weighted by Gasteiger charge is -2.16. The predicted octanol–water partition coefficient (Wildman–Crippen LogP) is 2.64. The normalized spacial score (nSPS) is 12.7. The smallest absolute Gasteiger partial charge is 0.339 e. The summed E-state index contributed by atoms with van der Waals surface area (Å²) in [5.74, 6) is -1.19. The number of carbonyl (C=O) groups is 2. The van der Waals surface area contributed by atoms with Gasteiger partial charge in [0.25, 0.3) is 11.6 Å². The molecule has 0 aliphatic rings. The highest BCUT2D eigenvalue weighted by Gasteiger charge is 2.22. The molecule has 2 aromatic carbocycles. The molecule has 0 spiro atoms. The fourth-order valence-electron chi connectivity index (χ4n) is 2.41. The highest BCUT2D eigenvalue weighted by molar-refractivity contribution is 5.93. The van der Waals surface area contributed by atoms with Gasteiger partial charge < -0.3 is 15.8 Å². The Kier molecular flexibility index (Phi) is 6.48. The highest BCUT2D eigenvalue weighted by atomic mass is 16.6. The van der Waals surface area contributed by atoms with Gasteiger partial charge in [-0.3, -0.25) is 14.9 Å². The molecule has 0 fully saturated rings. The van der Waals surface area contributed by atoms with E-state index in [-0.39, 0.29) is 17.2 Å². The number of benzene rings is 2. The molecule has 2 atom stereocenters. The summed E-state index contributed by atoms with van der Waals surface area (Å²) in [5.41, 5.74) is 6.08. The van der Waals surface area contributed by atoms with E-state index in [0.717, 1.165) is 11.6 Å². The topological polar surface area (TPSA) is 125 Å². The summed E-state index contributed by atoms with van der Waals surface area (Å²) in [5, 5.41) is 13.6. The Morgan fingerprint density at radius 3 is 2.48 bits per heavy atom. The quantitative estimate of drug-likeness (QED) is 0.334. The van der Waals surface area contributed by atoms with Gasteiger partial charge in [0.05, 0.1) is 10.5 Å². The average molecular weight is 371 g/mol. The van der Waals surface area contributed by atoms with Crippen LogP contribution in [-0.4, -0.2) is 29.4 Å². The first-order valence-electron chi connectivity index (χ1n) is 8.37. The Morgan fingerprint density at radius 1 is 1.19 bits per heavy atom. The lowest BCUT2D eigenvalue weighted by atomic mass is 10.0. The second kappa shape index (κ2) is 8.79. The fraction of sp³-hybridized carbons (Fsp3) is 0.263. The number of hydrogen-bond acceptors (Lipinski definition) is 6. The monoisotopic (exact) mass is 371 g/mol. The lowest BCUT2D eigenvalue weighted by molar-refractivity contribution is -0.383. The molecule has 2 aromatic rings. The number of nitrogens with zero attached hydrogens (tertiary/aromatic N) is 1. The van der Waals surface area contributed by atoms with E-state index in [2.05, 4.69) is 5.32 Å². The van der Waals surface area contributed by atoms with Crippen LogP contribution in [0.4, 0.5) is 11.4 Å². The Hall–Kier alpha value is -3.42. The zero-order valence-electron chi connectivity index (χ0n) is 15.0. The van der Waals surface area contributed by atoms with Gasteiger partial charge >= 0.3 is 5.97 Å². The van der Waals surface area contributed by atoms with Crippen LogP contribution in [0, 0.1) is 10.1 Å². The van der Waals surface area contributed by atoms with E-state index >= 15 is 0 Å². The van der Waals surface area contributed by atoms with Crippen LogP contribution in [0.5, 0.6) is 0 Å². The van der Waals surface area contributed by atoms with E-state index in [1.54, 1.807) is 0 Å². The number of hydrogen-bond donors (Lipinski definition) is 2. The Bertz CT molecular complexity index is 838. The molecular formula is C19H21N3O5. The summed E-state index contributed by atoms with van der Waals surface area (Å²) < 4.78 is 5.10. The van der Waals surface area contributed by atoms with Crippen molar-refractivity contribution < 1.29 is 19.2 Å². The number of ether oxygens (including phenoxy) is 1. The molecule has 142 valence electrons. The van der Waals surface area contributed by atoms with Crippen molar-refractivity contribution in [2.75, 3.05) is 12.3 Å². The SMILES string of the molecule is C[C@@H](OC(=O)c1ccc(N)c([N+](=O)[O-])c1)C(=O)NC[C@H](C)c1ccccc1. The summed E-state index contributed by atoms with van der Waals surface area (Å²) in [6, 6.07) is 13.3. The number of rotatable bonds is 7. The average Bonchev–Trinajstić information content (AvgIpc) is 2.66. The molecule has 3 N–H and O–H groups in total. The van der Waals surface area contributed by atoms with Crippen LogP contribution < -0.4 is 11.1 Å². The molecule has 0 aliphatic carbocycles. The number of anilines is 1. The Balaban J connectivity index is 1.93. The van der Waals surface area contributed by atoms with Crippen LogP contribution >= 0.6 is 0 Å². The molecule has 0 aliphatic heterocycles. The number of nitrogens with one attached hydrogen (secondary N) is 1. The third-order valence-electron chi connectivity index (χ3n) is 4.07. The molecule has 1 amide bonds. The molecule has 0 aromatic heterocycles. The van der Waals surface area contributed by atoms with Crippen molar-refractivity contribution in [2.45, 2.75) is 25.9 Å². The Labute approximate surface area is 156 Å².